The van der Waals surface area contributed by atoms with E-state index in [0.717, 1.165) is 38.5 Å². The molecule has 3 nitrogen and oxygen atoms in total. The van der Waals surface area contributed by atoms with Gasteiger partial charge in [-0.05, 0) is 43.9 Å². The van der Waals surface area contributed by atoms with E-state index < -0.39 is 0 Å². The highest BCUT2D eigenvalue weighted by Gasteiger charge is 2.26. The lowest BCUT2D eigenvalue weighted by Gasteiger charge is -2.31. The minimum atomic E-state index is -0.187. The second-order valence-corrected chi connectivity index (χ2v) is 4.94. The summed E-state index contributed by atoms with van der Waals surface area (Å²) in [6, 6.07) is 0. The van der Waals surface area contributed by atoms with Gasteiger partial charge in [-0.2, -0.15) is 0 Å². The van der Waals surface area contributed by atoms with Crippen LogP contribution in [0.1, 0.15) is 52.4 Å². The average molecular weight is 228 g/mol. The Morgan fingerprint density at radius 2 is 2.00 bits per heavy atom. The van der Waals surface area contributed by atoms with Crippen molar-refractivity contribution in [3.05, 3.63) is 0 Å². The number of esters is 1. The molecule has 1 aliphatic rings. The van der Waals surface area contributed by atoms with Crippen molar-refractivity contribution in [3.63, 3.8) is 0 Å². The molecule has 1 N–H and O–H groups in total. The summed E-state index contributed by atoms with van der Waals surface area (Å²) in [6.45, 7) is 4.12. The maximum absolute atomic E-state index is 10.7. The molecule has 0 saturated heterocycles. The van der Waals surface area contributed by atoms with E-state index in [-0.39, 0.29) is 12.1 Å². The van der Waals surface area contributed by atoms with Crippen LogP contribution in [-0.4, -0.2) is 23.8 Å². The maximum atomic E-state index is 10.7. The standard InChI is InChI=1S/C13H24O3/c1-3-4-13(15)12-7-5-11(6-8-12)9-16-10(2)14/h11-13,15H,3-9H2,1-2H3. The fourth-order valence-electron chi connectivity index (χ4n) is 2.51. The number of carbonyl (C=O) groups is 1. The third-order valence-corrected chi connectivity index (χ3v) is 3.54. The Hall–Kier alpha value is -0.570. The van der Waals surface area contributed by atoms with Crippen molar-refractivity contribution < 1.29 is 14.6 Å². The number of ether oxygens (including phenoxy) is 1. The van der Waals surface area contributed by atoms with E-state index in [4.69, 9.17) is 4.74 Å². The molecule has 0 aromatic heterocycles. The highest BCUT2D eigenvalue weighted by atomic mass is 16.5. The van der Waals surface area contributed by atoms with Gasteiger partial charge in [-0.25, -0.2) is 0 Å². The van der Waals surface area contributed by atoms with E-state index in [1.54, 1.807) is 0 Å². The summed E-state index contributed by atoms with van der Waals surface area (Å²) in [6.07, 6.45) is 6.16. The zero-order chi connectivity index (χ0) is 12.0. The quantitative estimate of drug-likeness (QED) is 0.735. The molecule has 1 atom stereocenters. The molecule has 0 bridgehead atoms. The van der Waals surface area contributed by atoms with Gasteiger partial charge in [0.05, 0.1) is 12.7 Å². The number of rotatable bonds is 5. The molecule has 0 heterocycles. The largest absolute Gasteiger partial charge is 0.466 e. The van der Waals surface area contributed by atoms with Gasteiger partial charge in [-0.15, -0.1) is 0 Å². The van der Waals surface area contributed by atoms with Crippen LogP contribution in [0.3, 0.4) is 0 Å². The van der Waals surface area contributed by atoms with Crippen molar-refractivity contribution in [1.29, 1.82) is 0 Å². The topological polar surface area (TPSA) is 46.5 Å². The summed E-state index contributed by atoms with van der Waals surface area (Å²) in [7, 11) is 0. The molecule has 1 aliphatic carbocycles. The van der Waals surface area contributed by atoms with Crippen LogP contribution in [-0.2, 0) is 9.53 Å². The van der Waals surface area contributed by atoms with Crippen LogP contribution in [0.25, 0.3) is 0 Å². The van der Waals surface area contributed by atoms with Crippen molar-refractivity contribution in [2.24, 2.45) is 11.8 Å². The molecule has 0 aromatic carbocycles. The van der Waals surface area contributed by atoms with Gasteiger partial charge in [0.15, 0.2) is 0 Å². The minimum absolute atomic E-state index is 0.125. The molecule has 0 aliphatic heterocycles. The lowest BCUT2D eigenvalue weighted by atomic mass is 9.79. The van der Waals surface area contributed by atoms with Crippen LogP contribution >= 0.6 is 0 Å². The molecule has 1 rings (SSSR count). The van der Waals surface area contributed by atoms with Crippen LogP contribution < -0.4 is 0 Å². The van der Waals surface area contributed by atoms with E-state index in [0.29, 0.717) is 18.4 Å². The molecular formula is C13H24O3. The number of hydrogen-bond acceptors (Lipinski definition) is 3. The Morgan fingerprint density at radius 1 is 1.38 bits per heavy atom. The molecular weight excluding hydrogens is 204 g/mol. The summed E-state index contributed by atoms with van der Waals surface area (Å²) in [5.41, 5.74) is 0. The zero-order valence-corrected chi connectivity index (χ0v) is 10.4. The predicted molar refractivity (Wildman–Crippen MR) is 63.0 cm³/mol. The second-order valence-electron chi connectivity index (χ2n) is 4.94. The van der Waals surface area contributed by atoms with Crippen molar-refractivity contribution in [2.75, 3.05) is 6.61 Å². The first-order chi connectivity index (χ1) is 7.63. The minimum Gasteiger partial charge on any atom is -0.466 e. The van der Waals surface area contributed by atoms with E-state index in [9.17, 15) is 9.90 Å². The van der Waals surface area contributed by atoms with E-state index in [1.807, 2.05) is 0 Å². The summed E-state index contributed by atoms with van der Waals surface area (Å²) >= 11 is 0. The monoisotopic (exact) mass is 228 g/mol. The molecule has 1 unspecified atom stereocenters. The lowest BCUT2D eigenvalue weighted by molar-refractivity contribution is -0.142. The van der Waals surface area contributed by atoms with Gasteiger partial charge in [0, 0.05) is 6.92 Å². The van der Waals surface area contributed by atoms with Crippen LogP contribution in [0.15, 0.2) is 0 Å². The van der Waals surface area contributed by atoms with E-state index in [2.05, 4.69) is 6.92 Å². The molecule has 0 amide bonds. The van der Waals surface area contributed by atoms with Crippen LogP contribution in [0, 0.1) is 11.8 Å². The van der Waals surface area contributed by atoms with Gasteiger partial charge >= 0.3 is 5.97 Å². The van der Waals surface area contributed by atoms with Gasteiger partial charge in [-0.1, -0.05) is 13.3 Å². The molecule has 0 aromatic rings. The number of hydrogen-bond donors (Lipinski definition) is 1. The third-order valence-electron chi connectivity index (χ3n) is 3.54. The van der Waals surface area contributed by atoms with Crippen molar-refractivity contribution in [1.82, 2.24) is 0 Å². The van der Waals surface area contributed by atoms with Gasteiger partial charge in [-0.3, -0.25) is 4.79 Å². The first-order valence-corrected chi connectivity index (χ1v) is 6.45. The fraction of sp³-hybridized carbons (Fsp3) is 0.923. The second kappa shape index (κ2) is 6.89. The van der Waals surface area contributed by atoms with Gasteiger partial charge in [0.1, 0.15) is 0 Å². The third kappa shape index (κ3) is 4.52. The van der Waals surface area contributed by atoms with Crippen molar-refractivity contribution in [2.45, 2.75) is 58.5 Å². The van der Waals surface area contributed by atoms with Crippen LogP contribution in [0.5, 0.6) is 0 Å². The summed E-state index contributed by atoms with van der Waals surface area (Å²) < 4.78 is 5.02. The fourth-order valence-corrected chi connectivity index (χ4v) is 2.51. The van der Waals surface area contributed by atoms with E-state index in [1.165, 1.54) is 6.92 Å². The molecule has 94 valence electrons. The summed E-state index contributed by atoms with van der Waals surface area (Å²) in [5.74, 6) is 0.788. The molecule has 0 spiro atoms. The van der Waals surface area contributed by atoms with Crippen molar-refractivity contribution in [3.8, 4) is 0 Å². The molecule has 1 fully saturated rings. The smallest absolute Gasteiger partial charge is 0.302 e. The zero-order valence-electron chi connectivity index (χ0n) is 10.4. The average Bonchev–Trinajstić information content (AvgIpc) is 2.27. The molecule has 16 heavy (non-hydrogen) atoms. The Balaban J connectivity index is 2.20. The SMILES string of the molecule is CCCC(O)C1CCC(COC(C)=O)CC1. The highest BCUT2D eigenvalue weighted by Crippen LogP contribution is 2.32. The Morgan fingerprint density at radius 3 is 2.50 bits per heavy atom. The predicted octanol–water partition coefficient (Wildman–Crippen LogP) is 2.52. The number of aliphatic hydroxyl groups is 1. The first kappa shape index (κ1) is 13.5. The Labute approximate surface area is 98.2 Å². The highest BCUT2D eigenvalue weighted by molar-refractivity contribution is 5.65. The Kier molecular flexibility index (Phi) is 5.81. The molecule has 3 heteroatoms. The first-order valence-electron chi connectivity index (χ1n) is 6.45. The summed E-state index contributed by atoms with van der Waals surface area (Å²) in [4.78, 5) is 10.7. The molecule has 1 saturated carbocycles. The lowest BCUT2D eigenvalue weighted by Crippen LogP contribution is -2.27. The maximum Gasteiger partial charge on any atom is 0.302 e. The van der Waals surface area contributed by atoms with Crippen LogP contribution in [0.4, 0.5) is 0 Å². The number of carbonyl (C=O) groups excluding carboxylic acids is 1. The van der Waals surface area contributed by atoms with Crippen LogP contribution in [0.2, 0.25) is 0 Å². The summed E-state index contributed by atoms with van der Waals surface area (Å²) in [5, 5.41) is 9.89. The van der Waals surface area contributed by atoms with Gasteiger partial charge in [0.2, 0.25) is 0 Å². The van der Waals surface area contributed by atoms with E-state index >= 15 is 0 Å². The normalized spacial score (nSPS) is 27.4. The molecule has 0 radical (unpaired) electrons. The van der Waals surface area contributed by atoms with Gasteiger partial charge < -0.3 is 9.84 Å². The number of aliphatic hydroxyl groups excluding tert-OH is 1. The van der Waals surface area contributed by atoms with Gasteiger partial charge in [0.25, 0.3) is 0 Å². The van der Waals surface area contributed by atoms with Crippen molar-refractivity contribution >= 4 is 5.97 Å². The Bertz CT molecular complexity index is 207.